The molecule has 0 spiro atoms. The highest BCUT2D eigenvalue weighted by molar-refractivity contribution is 5.31. The molecule has 3 aromatic carbocycles. The van der Waals surface area contributed by atoms with Gasteiger partial charge in [0.1, 0.15) is 24.1 Å². The van der Waals surface area contributed by atoms with E-state index in [1.54, 1.807) is 0 Å². The lowest BCUT2D eigenvalue weighted by atomic mass is 9.70. The number of hydrogen-bond donors (Lipinski definition) is 0. The molecule has 0 saturated heterocycles. The third-order valence-corrected chi connectivity index (χ3v) is 9.49. The molecule has 0 N–H and O–H groups in total. The number of para-hydroxylation sites is 1. The van der Waals surface area contributed by atoms with Crippen molar-refractivity contribution in [1.82, 2.24) is 4.57 Å². The van der Waals surface area contributed by atoms with Gasteiger partial charge in [0.2, 0.25) is 6.33 Å². The highest BCUT2D eigenvalue weighted by Gasteiger charge is 2.40. The predicted octanol–water partition coefficient (Wildman–Crippen LogP) is 11.4. The first-order valence-corrected chi connectivity index (χ1v) is 17.4. The van der Waals surface area contributed by atoms with E-state index in [1.807, 2.05) is 0 Å². The normalized spacial score (nSPS) is 13.5. The van der Waals surface area contributed by atoms with E-state index in [2.05, 4.69) is 133 Å². The average Bonchev–Trinajstić information content (AvgIpc) is 3.54. The Morgan fingerprint density at radius 2 is 1.09 bits per heavy atom. The number of hydrogen-bond acceptors (Lipinski definition) is 0. The van der Waals surface area contributed by atoms with Crippen molar-refractivity contribution in [3.05, 3.63) is 121 Å². The van der Waals surface area contributed by atoms with E-state index in [0.717, 1.165) is 6.42 Å². The topological polar surface area (TPSA) is 8.81 Å². The number of benzene rings is 3. The lowest BCUT2D eigenvalue weighted by Crippen LogP contribution is -2.50. The number of unbranched alkanes of at least 4 members (excludes halogenated alkanes) is 13. The minimum Gasteiger partial charge on any atom is -0.233 e. The van der Waals surface area contributed by atoms with Gasteiger partial charge < -0.3 is 0 Å². The Kier molecular flexibility index (Phi) is 14.1. The standard InChI is InChI=1S/C41H57N2/c1-3-4-5-6-7-8-9-10-11-12-13-14-15-25-32-40(43-34-33-42(36-43)39-30-23-18-24-31-39)41(2,38-28-21-17-22-29-38)35-37-26-19-16-20-27-37/h16-24,26-31,33-34,36,40H,3-15,25,32,35H2,1-2H3/q+1. The van der Waals surface area contributed by atoms with E-state index in [4.69, 9.17) is 0 Å². The van der Waals surface area contributed by atoms with Crippen LogP contribution in [-0.4, -0.2) is 4.57 Å². The maximum Gasteiger partial charge on any atom is 0.249 e. The monoisotopic (exact) mass is 577 g/mol. The molecule has 2 unspecified atom stereocenters. The summed E-state index contributed by atoms with van der Waals surface area (Å²) in [5.41, 5.74) is 4.00. The maximum atomic E-state index is 2.51. The van der Waals surface area contributed by atoms with Crippen LogP contribution in [-0.2, 0) is 11.8 Å². The molecule has 1 aromatic heterocycles. The molecule has 0 radical (unpaired) electrons. The smallest absolute Gasteiger partial charge is 0.233 e. The van der Waals surface area contributed by atoms with E-state index in [9.17, 15) is 0 Å². The molecule has 0 saturated carbocycles. The van der Waals surface area contributed by atoms with Gasteiger partial charge >= 0.3 is 0 Å². The van der Waals surface area contributed by atoms with Crippen molar-refractivity contribution in [2.24, 2.45) is 0 Å². The summed E-state index contributed by atoms with van der Waals surface area (Å²) in [5.74, 6) is 0. The third kappa shape index (κ3) is 10.5. The van der Waals surface area contributed by atoms with E-state index in [0.29, 0.717) is 6.04 Å². The summed E-state index contributed by atoms with van der Waals surface area (Å²) in [6, 6.07) is 33.4. The SMILES string of the molecule is CCCCCCCCCCCCCCCCC([n+]1ccn(-c2ccccc2)c1)C(C)(Cc1ccccc1)c1ccccc1. The second kappa shape index (κ2) is 18.5. The quantitative estimate of drug-likeness (QED) is 0.0688. The van der Waals surface area contributed by atoms with Gasteiger partial charge in [0.05, 0.1) is 0 Å². The Morgan fingerprint density at radius 3 is 1.65 bits per heavy atom. The Bertz CT molecular complexity index is 1250. The van der Waals surface area contributed by atoms with Crippen LogP contribution < -0.4 is 4.57 Å². The van der Waals surface area contributed by atoms with Gasteiger partial charge in [0.25, 0.3) is 0 Å². The minimum atomic E-state index is -0.0350. The molecule has 0 amide bonds. The molecule has 4 aromatic rings. The second-order valence-corrected chi connectivity index (χ2v) is 13.0. The van der Waals surface area contributed by atoms with Crippen molar-refractivity contribution >= 4 is 0 Å². The largest absolute Gasteiger partial charge is 0.249 e. The molecule has 0 aliphatic carbocycles. The van der Waals surface area contributed by atoms with E-state index < -0.39 is 0 Å². The third-order valence-electron chi connectivity index (χ3n) is 9.49. The summed E-state index contributed by atoms with van der Waals surface area (Å²) in [6.07, 6.45) is 28.6. The Labute approximate surface area is 263 Å². The maximum absolute atomic E-state index is 2.51. The molecule has 230 valence electrons. The Balaban J connectivity index is 1.38. The summed E-state index contributed by atoms with van der Waals surface area (Å²) in [7, 11) is 0. The molecule has 0 aliphatic heterocycles. The van der Waals surface area contributed by atoms with Crippen molar-refractivity contribution in [3.63, 3.8) is 0 Å². The Hall–Kier alpha value is -3.13. The van der Waals surface area contributed by atoms with Crippen LogP contribution >= 0.6 is 0 Å². The minimum absolute atomic E-state index is 0.0350. The van der Waals surface area contributed by atoms with Crippen LogP contribution in [0.5, 0.6) is 0 Å². The lowest BCUT2D eigenvalue weighted by molar-refractivity contribution is -0.732. The van der Waals surface area contributed by atoms with E-state index in [1.165, 1.54) is 113 Å². The van der Waals surface area contributed by atoms with Crippen molar-refractivity contribution < 1.29 is 4.57 Å². The molecular weight excluding hydrogens is 520 g/mol. The highest BCUT2D eigenvalue weighted by atomic mass is 15.1. The van der Waals surface area contributed by atoms with Crippen molar-refractivity contribution in [3.8, 4) is 5.69 Å². The van der Waals surface area contributed by atoms with Crippen LogP contribution in [0.1, 0.15) is 127 Å². The molecule has 43 heavy (non-hydrogen) atoms. The van der Waals surface area contributed by atoms with Crippen LogP contribution in [0.25, 0.3) is 5.69 Å². The van der Waals surface area contributed by atoms with Gasteiger partial charge in [-0.1, -0.05) is 176 Å². The number of aromatic nitrogens is 2. The predicted molar refractivity (Wildman–Crippen MR) is 184 cm³/mol. The summed E-state index contributed by atoms with van der Waals surface area (Å²) in [5, 5.41) is 0. The Morgan fingerprint density at radius 1 is 0.605 bits per heavy atom. The second-order valence-electron chi connectivity index (χ2n) is 13.0. The van der Waals surface area contributed by atoms with Gasteiger partial charge in [0, 0.05) is 5.41 Å². The first kappa shape index (κ1) is 32.8. The summed E-state index contributed by atoms with van der Waals surface area (Å²) in [6.45, 7) is 4.80. The van der Waals surface area contributed by atoms with Crippen LogP contribution in [0.4, 0.5) is 0 Å². The van der Waals surface area contributed by atoms with Crippen LogP contribution in [0.15, 0.2) is 110 Å². The van der Waals surface area contributed by atoms with Gasteiger partial charge in [-0.25, -0.2) is 9.13 Å². The fourth-order valence-electron chi connectivity index (χ4n) is 6.89. The van der Waals surface area contributed by atoms with Crippen LogP contribution in [0.2, 0.25) is 0 Å². The van der Waals surface area contributed by atoms with Crippen molar-refractivity contribution in [2.45, 2.75) is 128 Å². The average molecular weight is 578 g/mol. The zero-order valence-corrected chi connectivity index (χ0v) is 27.2. The molecule has 2 nitrogen and oxygen atoms in total. The van der Waals surface area contributed by atoms with Gasteiger partial charge in [-0.15, -0.1) is 0 Å². The van der Waals surface area contributed by atoms with Gasteiger partial charge in [-0.05, 0) is 42.5 Å². The summed E-state index contributed by atoms with van der Waals surface area (Å²) >= 11 is 0. The number of imidazole rings is 1. The molecular formula is C41H57N2+. The van der Waals surface area contributed by atoms with E-state index >= 15 is 0 Å². The van der Waals surface area contributed by atoms with Crippen LogP contribution in [0.3, 0.4) is 0 Å². The summed E-state index contributed by atoms with van der Waals surface area (Å²) < 4.78 is 4.78. The molecule has 0 aliphatic rings. The zero-order chi connectivity index (χ0) is 30.0. The lowest BCUT2D eigenvalue weighted by Gasteiger charge is -2.37. The van der Waals surface area contributed by atoms with Gasteiger partial charge in [0.15, 0.2) is 0 Å². The van der Waals surface area contributed by atoms with Crippen molar-refractivity contribution in [2.75, 3.05) is 0 Å². The molecule has 0 bridgehead atoms. The first-order valence-electron chi connectivity index (χ1n) is 17.4. The zero-order valence-electron chi connectivity index (χ0n) is 27.2. The molecule has 2 atom stereocenters. The fraction of sp³-hybridized carbons (Fsp3) is 0.488. The fourth-order valence-corrected chi connectivity index (χ4v) is 6.89. The number of nitrogens with zero attached hydrogens (tertiary/aromatic N) is 2. The molecule has 0 fully saturated rings. The molecule has 4 rings (SSSR count). The molecule has 1 heterocycles. The van der Waals surface area contributed by atoms with E-state index in [-0.39, 0.29) is 5.41 Å². The summed E-state index contributed by atoms with van der Waals surface area (Å²) in [4.78, 5) is 0. The van der Waals surface area contributed by atoms with Crippen LogP contribution in [0, 0.1) is 0 Å². The van der Waals surface area contributed by atoms with Gasteiger partial charge in [-0.3, -0.25) is 0 Å². The molecule has 2 heteroatoms. The highest BCUT2D eigenvalue weighted by Crippen LogP contribution is 2.39. The first-order chi connectivity index (χ1) is 21.2. The van der Waals surface area contributed by atoms with Gasteiger partial charge in [-0.2, -0.15) is 0 Å². The number of rotatable bonds is 21. The van der Waals surface area contributed by atoms with Crippen molar-refractivity contribution in [1.29, 1.82) is 0 Å².